The van der Waals surface area contributed by atoms with Gasteiger partial charge >= 0.3 is 7.60 Å². The molecule has 0 saturated carbocycles. The molecular formula is C17H32O6P2. The molecule has 0 fully saturated rings. The maximum absolute atomic E-state index is 12.0. The zero-order valence-electron chi connectivity index (χ0n) is 15.8. The van der Waals surface area contributed by atoms with Crippen molar-refractivity contribution in [3.05, 3.63) is 34.9 Å². The van der Waals surface area contributed by atoms with E-state index in [1.807, 2.05) is 6.92 Å². The molecule has 0 rings (SSSR count). The van der Waals surface area contributed by atoms with Gasteiger partial charge in [-0.3, -0.25) is 9.13 Å². The second-order valence-corrected chi connectivity index (χ2v) is 11.2. The molecule has 0 amide bonds. The van der Waals surface area contributed by atoms with Crippen LogP contribution in [0.3, 0.4) is 0 Å². The zero-order chi connectivity index (χ0) is 19.7. The van der Waals surface area contributed by atoms with E-state index >= 15 is 0 Å². The van der Waals surface area contributed by atoms with Crippen molar-refractivity contribution in [3.8, 4) is 0 Å². The highest BCUT2D eigenvalue weighted by molar-refractivity contribution is 7.73. The Morgan fingerprint density at radius 3 is 1.92 bits per heavy atom. The number of rotatable bonds is 11. The van der Waals surface area contributed by atoms with Gasteiger partial charge in [-0.25, -0.2) is 0 Å². The summed E-state index contributed by atoms with van der Waals surface area (Å²) in [5.74, 6) is 0. The first-order chi connectivity index (χ1) is 11.4. The molecule has 0 spiro atoms. The molecule has 0 radical (unpaired) electrons. The predicted octanol–water partition coefficient (Wildman–Crippen LogP) is 4.78. The molecule has 3 N–H and O–H groups in total. The quantitative estimate of drug-likeness (QED) is 0.344. The van der Waals surface area contributed by atoms with Crippen LogP contribution in [0, 0.1) is 0 Å². The molecule has 0 aromatic heterocycles. The van der Waals surface area contributed by atoms with Crippen molar-refractivity contribution in [2.75, 3.05) is 13.3 Å². The molecule has 146 valence electrons. The van der Waals surface area contributed by atoms with Gasteiger partial charge in [-0.2, -0.15) is 0 Å². The average Bonchev–Trinajstić information content (AvgIpc) is 2.44. The van der Waals surface area contributed by atoms with E-state index in [0.29, 0.717) is 0 Å². The van der Waals surface area contributed by atoms with Crippen molar-refractivity contribution in [2.45, 2.75) is 59.0 Å². The Labute approximate surface area is 151 Å². The normalized spacial score (nSPS) is 17.1. The van der Waals surface area contributed by atoms with Crippen LogP contribution in [0.25, 0.3) is 0 Å². The molecule has 0 heterocycles. The van der Waals surface area contributed by atoms with Gasteiger partial charge in [-0.15, -0.1) is 0 Å². The van der Waals surface area contributed by atoms with E-state index in [4.69, 9.17) is 14.3 Å². The van der Waals surface area contributed by atoms with Crippen molar-refractivity contribution < 1.29 is 28.5 Å². The lowest BCUT2D eigenvalue weighted by atomic mass is 10.1. The average molecular weight is 394 g/mol. The number of allylic oxidation sites excluding steroid dienone is 5. The number of hydrogen-bond acceptors (Lipinski definition) is 4. The van der Waals surface area contributed by atoms with E-state index in [-0.39, 0.29) is 6.61 Å². The summed E-state index contributed by atoms with van der Waals surface area (Å²) in [5, 5.41) is 9.40. The van der Waals surface area contributed by atoms with Crippen LogP contribution in [0.2, 0.25) is 0 Å². The molecule has 8 heteroatoms. The van der Waals surface area contributed by atoms with Gasteiger partial charge in [-0.05, 0) is 53.4 Å². The number of aliphatic hydroxyl groups is 1. The summed E-state index contributed by atoms with van der Waals surface area (Å²) in [6.45, 7) is 9.17. The van der Waals surface area contributed by atoms with Crippen molar-refractivity contribution in [1.29, 1.82) is 0 Å². The van der Waals surface area contributed by atoms with Crippen LogP contribution in [-0.2, 0) is 13.7 Å². The Morgan fingerprint density at radius 1 is 0.960 bits per heavy atom. The van der Waals surface area contributed by atoms with E-state index in [1.165, 1.54) is 11.1 Å². The second kappa shape index (κ2) is 11.3. The standard InChI is InChI=1S/C17H32O6P2/c1-14(2)8-6-9-15(3)10-7-11-16(4)12-13-23-24(5,19)17(18)25(20,21)22/h8,10,12,17-18H,6-7,9,11,13H2,1-5H3,(H2,20,21,22). The number of aliphatic hydroxyl groups excluding tert-OH is 1. The van der Waals surface area contributed by atoms with Crippen molar-refractivity contribution in [1.82, 2.24) is 0 Å². The van der Waals surface area contributed by atoms with E-state index in [2.05, 4.69) is 32.9 Å². The van der Waals surface area contributed by atoms with Crippen LogP contribution < -0.4 is 0 Å². The summed E-state index contributed by atoms with van der Waals surface area (Å²) in [4.78, 5) is 17.7. The van der Waals surface area contributed by atoms with Crippen molar-refractivity contribution in [2.24, 2.45) is 0 Å². The van der Waals surface area contributed by atoms with E-state index in [9.17, 15) is 14.2 Å². The van der Waals surface area contributed by atoms with Crippen molar-refractivity contribution >= 4 is 15.0 Å². The van der Waals surface area contributed by atoms with Crippen LogP contribution >= 0.6 is 15.0 Å². The first-order valence-corrected chi connectivity index (χ1v) is 12.1. The van der Waals surface area contributed by atoms with Crippen LogP contribution in [0.1, 0.15) is 53.4 Å². The topological polar surface area (TPSA) is 104 Å². The highest BCUT2D eigenvalue weighted by Crippen LogP contribution is 2.61. The second-order valence-electron chi connectivity index (χ2n) is 6.60. The lowest BCUT2D eigenvalue weighted by molar-refractivity contribution is 0.230. The molecule has 2 atom stereocenters. The van der Waals surface area contributed by atoms with Gasteiger partial charge in [0.2, 0.25) is 13.0 Å². The molecule has 0 aliphatic rings. The Bertz CT molecular complexity index is 596. The van der Waals surface area contributed by atoms with Gasteiger partial charge in [-0.1, -0.05) is 34.9 Å². The maximum Gasteiger partial charge on any atom is 0.363 e. The van der Waals surface area contributed by atoms with E-state index in [1.54, 1.807) is 6.08 Å². The lowest BCUT2D eigenvalue weighted by Crippen LogP contribution is -2.10. The molecule has 6 nitrogen and oxygen atoms in total. The molecule has 25 heavy (non-hydrogen) atoms. The monoisotopic (exact) mass is 394 g/mol. The summed E-state index contributed by atoms with van der Waals surface area (Å²) >= 11 is 0. The number of hydrogen-bond donors (Lipinski definition) is 3. The predicted molar refractivity (Wildman–Crippen MR) is 103 cm³/mol. The fourth-order valence-electron chi connectivity index (χ4n) is 2.01. The van der Waals surface area contributed by atoms with Gasteiger partial charge in [0.25, 0.3) is 0 Å². The van der Waals surface area contributed by atoms with Gasteiger partial charge in [0.15, 0.2) is 0 Å². The first-order valence-electron chi connectivity index (χ1n) is 8.26. The molecule has 0 saturated heterocycles. The highest BCUT2D eigenvalue weighted by atomic mass is 31.2. The minimum Gasteiger partial charge on any atom is -0.372 e. The Morgan fingerprint density at radius 2 is 1.44 bits per heavy atom. The molecule has 0 bridgehead atoms. The van der Waals surface area contributed by atoms with Crippen LogP contribution in [0.15, 0.2) is 34.9 Å². The minimum atomic E-state index is -4.85. The summed E-state index contributed by atoms with van der Waals surface area (Å²) in [5.41, 5.74) is 1.41. The molecule has 2 unspecified atom stereocenters. The maximum atomic E-state index is 12.0. The summed E-state index contributed by atoms with van der Waals surface area (Å²) in [6, 6.07) is 0. The van der Waals surface area contributed by atoms with E-state index in [0.717, 1.165) is 37.9 Å². The largest absolute Gasteiger partial charge is 0.372 e. The molecule has 0 aliphatic carbocycles. The molecule has 0 aliphatic heterocycles. The van der Waals surface area contributed by atoms with Crippen molar-refractivity contribution in [3.63, 3.8) is 0 Å². The zero-order valence-corrected chi connectivity index (χ0v) is 17.6. The first kappa shape index (κ1) is 24.5. The third kappa shape index (κ3) is 11.7. The van der Waals surface area contributed by atoms with Gasteiger partial charge in [0.1, 0.15) is 0 Å². The lowest BCUT2D eigenvalue weighted by Gasteiger charge is -2.19. The fraction of sp³-hybridized carbons (Fsp3) is 0.647. The van der Waals surface area contributed by atoms with Crippen LogP contribution in [0.5, 0.6) is 0 Å². The minimum absolute atomic E-state index is 0.0556. The fourth-order valence-corrected chi connectivity index (χ4v) is 4.90. The van der Waals surface area contributed by atoms with Gasteiger partial charge in [0, 0.05) is 6.66 Å². The van der Waals surface area contributed by atoms with Crippen LogP contribution in [-0.4, -0.2) is 33.8 Å². The third-order valence-corrected chi connectivity index (χ3v) is 7.87. The SMILES string of the molecule is CC(C)=CCCC(C)=CCCC(C)=CCOP(C)(=O)C(O)P(=O)(O)O. The third-order valence-electron chi connectivity index (χ3n) is 3.61. The summed E-state index contributed by atoms with van der Waals surface area (Å²) in [6.07, 6.45) is 9.91. The smallest absolute Gasteiger partial charge is 0.363 e. The summed E-state index contributed by atoms with van der Waals surface area (Å²) < 4.78 is 28.0. The van der Waals surface area contributed by atoms with Crippen LogP contribution in [0.4, 0.5) is 0 Å². The van der Waals surface area contributed by atoms with Gasteiger partial charge in [0.05, 0.1) is 6.61 Å². The molecule has 0 aromatic rings. The Kier molecular flexibility index (Phi) is 11.1. The summed E-state index contributed by atoms with van der Waals surface area (Å²) in [7, 11) is -8.64. The Balaban J connectivity index is 4.32. The van der Waals surface area contributed by atoms with E-state index < -0.39 is 20.6 Å². The highest BCUT2D eigenvalue weighted by Gasteiger charge is 2.41. The molecule has 0 aromatic carbocycles. The van der Waals surface area contributed by atoms with Gasteiger partial charge < -0.3 is 19.4 Å². The molecular weight excluding hydrogens is 362 g/mol. The Hall–Kier alpha value is -0.480.